The lowest BCUT2D eigenvalue weighted by atomic mass is 9.75. The number of hydrogen-bond donors (Lipinski definition) is 0. The minimum Gasteiger partial charge on any atom is -0.457 e. The Morgan fingerprint density at radius 2 is 0.299 bits per heavy atom. The molecule has 4 aliphatic rings. The zero-order valence-corrected chi connectivity index (χ0v) is 82.0. The summed E-state index contributed by atoms with van der Waals surface area (Å²) < 4.78 is 19.2. The second-order valence-corrected chi connectivity index (χ2v) is 40.3. The van der Waals surface area contributed by atoms with Crippen LogP contribution in [0.4, 0.5) is 51.2 Å². The minimum atomic E-state index is -0.200. The second-order valence-electron chi connectivity index (χ2n) is 40.3. The van der Waals surface area contributed by atoms with E-state index in [9.17, 15) is 0 Å². The van der Waals surface area contributed by atoms with Crippen LogP contribution in [-0.4, -0.2) is 0 Å². The van der Waals surface area contributed by atoms with Gasteiger partial charge in [-0.15, -0.1) is 0 Å². The van der Waals surface area contributed by atoms with Crippen LogP contribution in [-0.2, 0) is 21.7 Å². The van der Waals surface area contributed by atoms with Gasteiger partial charge < -0.3 is 28.9 Å². The summed E-state index contributed by atoms with van der Waals surface area (Å²) >= 11 is 0. The monoisotopic (exact) mass is 1850 g/mol. The summed E-state index contributed by atoms with van der Waals surface area (Å²) in [4.78, 5) is 7.06. The fourth-order valence-electron chi connectivity index (χ4n) is 22.2. The first-order chi connectivity index (χ1) is 70.4. The van der Waals surface area contributed by atoms with Crippen molar-refractivity contribution in [3.63, 3.8) is 0 Å². The van der Waals surface area contributed by atoms with E-state index in [4.69, 9.17) is 14.2 Å². The van der Waals surface area contributed by atoms with Crippen molar-refractivity contribution >= 4 is 51.2 Å². The molecule has 6 heteroatoms. The topological polar surface area (TPSA) is 37.4 Å². The van der Waals surface area contributed by atoms with Crippen molar-refractivity contribution < 1.29 is 14.2 Å². The molecule has 0 saturated carbocycles. The fourth-order valence-corrected chi connectivity index (χ4v) is 22.2. The molecule has 3 aliphatic heterocycles. The molecular weight excluding hydrogens is 1750 g/mol. The maximum absolute atomic E-state index is 6.41. The third-order valence-corrected chi connectivity index (χ3v) is 30.2. The van der Waals surface area contributed by atoms with Gasteiger partial charge in [0.25, 0.3) is 0 Å². The number of para-hydroxylation sites is 3. The molecule has 0 N–H and O–H groups in total. The number of hydrogen-bond acceptors (Lipinski definition) is 6. The molecule has 25 rings (SSSR count). The molecule has 0 aromatic heterocycles. The fraction of sp³-hybridized carbons (Fsp3) is 0.0870. The van der Waals surface area contributed by atoms with E-state index in [1.165, 1.54) is 117 Å². The molecule has 0 unspecified atom stereocenters. The Morgan fingerprint density at radius 1 is 0.125 bits per heavy atom. The molecule has 144 heavy (non-hydrogen) atoms. The second kappa shape index (κ2) is 36.6. The standard InChI is InChI=1S/C78H60N2O2.C60H47NO/c1-77(2)69-19-11-13-21-73(69)81-75-49-35-61(51-71(75)77)59-31-45-67(46-32-59)79(63-37-23-55(24-38-63)53-15-7-5-8-16-53)65-41-27-57(28-42-65)58-29-43-66(44-30-58)80(64-39-25-56(26-40-64)54-17-9-6-10-18-54)68-47-33-60(34-48-68)62-36-50-76-72(52-62)78(3,4)70-20-12-14-22-74(70)82-76;1-59(2)53-19-11-10-18-51(53)52-36-28-44(38-55(52)59)40-22-30-46(31-23-40)61(48-34-26-43(27-35-48)50-17-9-8-16-49(50)42-14-6-5-7-15-42)47-32-24-41(25-33-47)45-29-37-58-56(39-45)60(3,4)54-20-12-13-21-57(54)62-58/h5-52H,1-4H3;5-39H,1-4H3. The van der Waals surface area contributed by atoms with Gasteiger partial charge in [-0.25, -0.2) is 0 Å². The Balaban J connectivity index is 0.000000161. The average molecular weight is 1860 g/mol. The highest BCUT2D eigenvalue weighted by Gasteiger charge is 2.40. The molecule has 0 fully saturated rings. The first-order valence-corrected chi connectivity index (χ1v) is 50.0. The van der Waals surface area contributed by atoms with Gasteiger partial charge in [-0.1, -0.05) is 389 Å². The van der Waals surface area contributed by atoms with Gasteiger partial charge in [0.15, 0.2) is 0 Å². The molecular formula is C138H107N3O3. The zero-order chi connectivity index (χ0) is 97.4. The molecule has 3 heterocycles. The summed E-state index contributed by atoms with van der Waals surface area (Å²) in [5, 5.41) is 0. The van der Waals surface area contributed by atoms with Crippen LogP contribution in [0.25, 0.3) is 111 Å². The lowest BCUT2D eigenvalue weighted by Crippen LogP contribution is -2.24. The SMILES string of the molecule is CC1(C)c2ccccc2Oc2ccc(-c3ccc(N(c4ccc(-c5ccc6c(c5)C(C)(C)c5ccccc5-6)cc4)c4ccc(-c5ccccc5-c5ccccc5)cc4)cc3)cc21.CC1(C)c2ccccc2Oc2ccc(-c3ccc(N(c4ccc(-c5ccccc5)cc4)c4ccc(-c5ccc(N(c6ccc(-c7ccccc7)cc6)c6ccc(-c7ccc8c(c7)C(C)(C)c7ccccc7O8)cc6)cc5)cc4)cc3)cc21. The van der Waals surface area contributed by atoms with Crippen molar-refractivity contribution in [1.82, 2.24) is 0 Å². The van der Waals surface area contributed by atoms with Gasteiger partial charge in [0.1, 0.15) is 34.5 Å². The Bertz CT molecular complexity index is 8080. The highest BCUT2D eigenvalue weighted by atomic mass is 16.5. The lowest BCUT2D eigenvalue weighted by Gasteiger charge is -2.34. The predicted octanol–water partition coefficient (Wildman–Crippen LogP) is 38.4. The van der Waals surface area contributed by atoms with E-state index in [-0.39, 0.29) is 21.7 Å². The number of benzene rings is 21. The Kier molecular flexibility index (Phi) is 22.6. The molecule has 21 aromatic carbocycles. The first kappa shape index (κ1) is 89.1. The molecule has 6 nitrogen and oxygen atoms in total. The number of rotatable bonds is 18. The minimum absolute atomic E-state index is 0.0485. The van der Waals surface area contributed by atoms with Crippen LogP contribution < -0.4 is 28.9 Å². The van der Waals surface area contributed by atoms with Crippen LogP contribution >= 0.6 is 0 Å². The highest BCUT2D eigenvalue weighted by Crippen LogP contribution is 2.56. The summed E-state index contributed by atoms with van der Waals surface area (Å²) in [5.41, 5.74) is 43.0. The van der Waals surface area contributed by atoms with Crippen LogP contribution in [0.5, 0.6) is 34.5 Å². The average Bonchev–Trinajstić information content (AvgIpc) is 1.40. The zero-order valence-electron chi connectivity index (χ0n) is 82.0. The van der Waals surface area contributed by atoms with E-state index in [1.807, 2.05) is 18.2 Å². The molecule has 21 aromatic rings. The van der Waals surface area contributed by atoms with E-state index >= 15 is 0 Å². The first-order valence-electron chi connectivity index (χ1n) is 50.0. The Labute approximate surface area is 845 Å². The van der Waals surface area contributed by atoms with Crippen molar-refractivity contribution in [2.75, 3.05) is 14.7 Å². The van der Waals surface area contributed by atoms with Crippen molar-refractivity contribution in [3.05, 3.63) is 548 Å². The van der Waals surface area contributed by atoms with Gasteiger partial charge >= 0.3 is 0 Å². The maximum Gasteiger partial charge on any atom is 0.131 e. The smallest absolute Gasteiger partial charge is 0.131 e. The van der Waals surface area contributed by atoms with Gasteiger partial charge in [-0.05, 0) is 292 Å². The number of fused-ring (bicyclic) bond motifs is 9. The van der Waals surface area contributed by atoms with Gasteiger partial charge in [-0.2, -0.15) is 0 Å². The van der Waals surface area contributed by atoms with E-state index in [0.29, 0.717) is 0 Å². The number of anilines is 9. The molecule has 1 aliphatic carbocycles. The van der Waals surface area contributed by atoms with Gasteiger partial charge in [0.05, 0.1) is 0 Å². The van der Waals surface area contributed by atoms with Crippen molar-refractivity contribution in [2.45, 2.75) is 77.0 Å². The molecule has 0 spiro atoms. The van der Waals surface area contributed by atoms with Crippen molar-refractivity contribution in [3.8, 4) is 146 Å². The summed E-state index contributed by atoms with van der Waals surface area (Å²) in [6.45, 7) is 18.4. The number of ether oxygens (including phenoxy) is 3. The summed E-state index contributed by atoms with van der Waals surface area (Å²) in [7, 11) is 0. The maximum atomic E-state index is 6.41. The van der Waals surface area contributed by atoms with E-state index < -0.39 is 0 Å². The Morgan fingerprint density at radius 3 is 0.583 bits per heavy atom. The molecule has 0 atom stereocenters. The molecule has 0 radical (unpaired) electrons. The van der Waals surface area contributed by atoms with Crippen molar-refractivity contribution in [2.24, 2.45) is 0 Å². The lowest BCUT2D eigenvalue weighted by molar-refractivity contribution is 0.418. The summed E-state index contributed by atoms with van der Waals surface area (Å²) in [6.07, 6.45) is 0. The van der Waals surface area contributed by atoms with Crippen LogP contribution in [0.2, 0.25) is 0 Å². The third-order valence-electron chi connectivity index (χ3n) is 30.2. The normalized spacial score (nSPS) is 13.5. The van der Waals surface area contributed by atoms with Crippen LogP contribution in [0.1, 0.15) is 99.9 Å². The van der Waals surface area contributed by atoms with E-state index in [2.05, 4.69) is 555 Å². The van der Waals surface area contributed by atoms with Crippen LogP contribution in [0.15, 0.2) is 504 Å². The van der Waals surface area contributed by atoms with Crippen LogP contribution in [0.3, 0.4) is 0 Å². The van der Waals surface area contributed by atoms with E-state index in [0.717, 1.165) is 125 Å². The summed E-state index contributed by atoms with van der Waals surface area (Å²) in [6, 6.07) is 182. The van der Waals surface area contributed by atoms with Gasteiger partial charge in [0.2, 0.25) is 0 Å². The number of nitrogens with zero attached hydrogens (tertiary/aromatic N) is 3. The Hall–Kier alpha value is -17.6. The quantitative estimate of drug-likeness (QED) is 0.0852. The molecule has 0 amide bonds. The summed E-state index contributed by atoms with van der Waals surface area (Å²) in [5.74, 6) is 5.54. The molecule has 692 valence electrons. The van der Waals surface area contributed by atoms with Gasteiger partial charge in [0, 0.05) is 106 Å². The largest absolute Gasteiger partial charge is 0.457 e. The predicted molar refractivity (Wildman–Crippen MR) is 599 cm³/mol. The highest BCUT2D eigenvalue weighted by molar-refractivity contribution is 5.91. The van der Waals surface area contributed by atoms with Crippen molar-refractivity contribution in [1.29, 1.82) is 0 Å². The van der Waals surface area contributed by atoms with Crippen LogP contribution in [0, 0.1) is 0 Å². The third kappa shape index (κ3) is 16.5. The van der Waals surface area contributed by atoms with E-state index in [1.54, 1.807) is 0 Å². The molecule has 0 bridgehead atoms. The van der Waals surface area contributed by atoms with Gasteiger partial charge in [-0.3, -0.25) is 0 Å². The molecule has 0 saturated heterocycles.